The standard InChI is InChI=1S/C20H30N4O2/c1-15-6-4-5-11-24(15)19-12-23(13-19)14-20(26)21-17-7-9-18(10-8-17)22(3)16(2)25/h7-10,15,19H,4-6,11-14H2,1-3H3,(H,21,26)/t15-/m0/s1. The van der Waals surface area contributed by atoms with Crippen molar-refractivity contribution in [1.82, 2.24) is 9.80 Å². The summed E-state index contributed by atoms with van der Waals surface area (Å²) in [6.07, 6.45) is 3.94. The van der Waals surface area contributed by atoms with Crippen molar-refractivity contribution in [1.29, 1.82) is 0 Å². The molecule has 0 aliphatic carbocycles. The van der Waals surface area contributed by atoms with E-state index in [4.69, 9.17) is 0 Å². The maximum absolute atomic E-state index is 12.3. The Balaban J connectivity index is 1.43. The van der Waals surface area contributed by atoms with Crippen LogP contribution in [-0.4, -0.2) is 66.9 Å². The summed E-state index contributed by atoms with van der Waals surface area (Å²) in [5, 5.41) is 2.94. The molecule has 1 aromatic carbocycles. The maximum Gasteiger partial charge on any atom is 0.238 e. The van der Waals surface area contributed by atoms with Gasteiger partial charge in [0.05, 0.1) is 6.54 Å². The van der Waals surface area contributed by atoms with Crippen molar-refractivity contribution < 1.29 is 9.59 Å². The lowest BCUT2D eigenvalue weighted by atomic mass is 9.97. The summed E-state index contributed by atoms with van der Waals surface area (Å²) >= 11 is 0. The number of hydrogen-bond donors (Lipinski definition) is 1. The molecule has 2 aliphatic heterocycles. The molecule has 26 heavy (non-hydrogen) atoms. The average molecular weight is 358 g/mol. The average Bonchev–Trinajstić information content (AvgIpc) is 2.58. The van der Waals surface area contributed by atoms with Gasteiger partial charge in [0.1, 0.15) is 0 Å². The van der Waals surface area contributed by atoms with Crippen LogP contribution in [0.2, 0.25) is 0 Å². The lowest BCUT2D eigenvalue weighted by molar-refractivity contribution is -0.119. The van der Waals surface area contributed by atoms with Crippen LogP contribution in [0.5, 0.6) is 0 Å². The first-order chi connectivity index (χ1) is 12.4. The van der Waals surface area contributed by atoms with Gasteiger partial charge in [-0.1, -0.05) is 6.42 Å². The highest BCUT2D eigenvalue weighted by Gasteiger charge is 2.35. The van der Waals surface area contributed by atoms with E-state index in [1.165, 1.54) is 32.7 Å². The van der Waals surface area contributed by atoms with Crippen molar-refractivity contribution in [2.45, 2.75) is 45.2 Å². The molecule has 0 saturated carbocycles. The quantitative estimate of drug-likeness (QED) is 0.876. The third-order valence-corrected chi connectivity index (χ3v) is 5.64. The molecular formula is C20H30N4O2. The molecule has 1 atom stereocenters. The summed E-state index contributed by atoms with van der Waals surface area (Å²) in [6, 6.07) is 8.64. The van der Waals surface area contributed by atoms with Crippen LogP contribution in [0.1, 0.15) is 33.1 Å². The maximum atomic E-state index is 12.3. The molecular weight excluding hydrogens is 328 g/mol. The van der Waals surface area contributed by atoms with E-state index >= 15 is 0 Å². The molecule has 0 radical (unpaired) electrons. The van der Waals surface area contributed by atoms with E-state index in [0.717, 1.165) is 24.5 Å². The lowest BCUT2D eigenvalue weighted by Gasteiger charge is -2.49. The van der Waals surface area contributed by atoms with Crippen LogP contribution in [0, 0.1) is 0 Å². The fourth-order valence-electron chi connectivity index (χ4n) is 3.90. The van der Waals surface area contributed by atoms with Crippen molar-refractivity contribution in [3.05, 3.63) is 24.3 Å². The number of piperidine rings is 1. The van der Waals surface area contributed by atoms with E-state index in [9.17, 15) is 9.59 Å². The molecule has 2 fully saturated rings. The number of carbonyl (C=O) groups excluding carboxylic acids is 2. The molecule has 1 N–H and O–H groups in total. The van der Waals surface area contributed by atoms with Crippen LogP contribution >= 0.6 is 0 Å². The number of benzene rings is 1. The molecule has 0 bridgehead atoms. The van der Waals surface area contributed by atoms with Crippen molar-refractivity contribution in [3.63, 3.8) is 0 Å². The molecule has 0 unspecified atom stereocenters. The zero-order valence-corrected chi connectivity index (χ0v) is 16.1. The molecule has 6 nitrogen and oxygen atoms in total. The first-order valence-corrected chi connectivity index (χ1v) is 9.56. The van der Waals surface area contributed by atoms with Crippen molar-refractivity contribution in [3.8, 4) is 0 Å². The number of anilines is 2. The van der Waals surface area contributed by atoms with Crippen molar-refractivity contribution >= 4 is 23.2 Å². The summed E-state index contributed by atoms with van der Waals surface area (Å²) < 4.78 is 0. The Morgan fingerprint density at radius 1 is 1.19 bits per heavy atom. The monoisotopic (exact) mass is 358 g/mol. The fourth-order valence-corrected chi connectivity index (χ4v) is 3.90. The van der Waals surface area contributed by atoms with E-state index in [1.807, 2.05) is 24.3 Å². The summed E-state index contributed by atoms with van der Waals surface area (Å²) in [5.41, 5.74) is 1.58. The van der Waals surface area contributed by atoms with Crippen LogP contribution in [-0.2, 0) is 9.59 Å². The van der Waals surface area contributed by atoms with Gasteiger partial charge in [0, 0.05) is 50.5 Å². The first kappa shape index (κ1) is 18.9. The van der Waals surface area contributed by atoms with Gasteiger partial charge in [-0.3, -0.25) is 19.4 Å². The van der Waals surface area contributed by atoms with E-state index in [0.29, 0.717) is 18.6 Å². The Kier molecular flexibility index (Phi) is 5.94. The molecule has 3 rings (SSSR count). The minimum atomic E-state index is -0.0165. The molecule has 2 heterocycles. The summed E-state index contributed by atoms with van der Waals surface area (Å²) in [5.74, 6) is -0.0000350. The second-order valence-electron chi connectivity index (χ2n) is 7.60. The second-order valence-corrected chi connectivity index (χ2v) is 7.60. The highest BCUT2D eigenvalue weighted by atomic mass is 16.2. The van der Waals surface area contributed by atoms with Crippen molar-refractivity contribution in [2.24, 2.45) is 0 Å². The third-order valence-electron chi connectivity index (χ3n) is 5.64. The highest BCUT2D eigenvalue weighted by Crippen LogP contribution is 2.24. The second kappa shape index (κ2) is 8.18. The Morgan fingerprint density at radius 2 is 1.88 bits per heavy atom. The zero-order chi connectivity index (χ0) is 18.7. The summed E-state index contributed by atoms with van der Waals surface area (Å²) in [6.45, 7) is 7.46. The number of amides is 2. The molecule has 142 valence electrons. The number of rotatable bonds is 5. The molecule has 2 amide bonds. The number of nitrogens with one attached hydrogen (secondary N) is 1. The SMILES string of the molecule is CC(=O)N(C)c1ccc(NC(=O)CN2CC(N3CCCC[C@@H]3C)C2)cc1. The Labute approximate surface area is 156 Å². The largest absolute Gasteiger partial charge is 0.325 e. The topological polar surface area (TPSA) is 55.9 Å². The van der Waals surface area contributed by atoms with E-state index in [-0.39, 0.29) is 11.8 Å². The number of likely N-dealkylation sites (tertiary alicyclic amines) is 2. The van der Waals surface area contributed by atoms with Gasteiger partial charge in [-0.05, 0) is 50.6 Å². The van der Waals surface area contributed by atoms with Crippen LogP contribution in [0.3, 0.4) is 0 Å². The van der Waals surface area contributed by atoms with Gasteiger partial charge in [0.15, 0.2) is 0 Å². The lowest BCUT2D eigenvalue weighted by Crippen LogP contribution is -2.63. The van der Waals surface area contributed by atoms with Crippen LogP contribution in [0.4, 0.5) is 11.4 Å². The summed E-state index contributed by atoms with van der Waals surface area (Å²) in [4.78, 5) is 30.0. The highest BCUT2D eigenvalue weighted by molar-refractivity contribution is 5.93. The normalized spacial score (nSPS) is 21.9. The predicted molar refractivity (Wildman–Crippen MR) is 104 cm³/mol. The third kappa shape index (κ3) is 4.43. The number of carbonyl (C=O) groups is 2. The Bertz CT molecular complexity index is 640. The molecule has 2 saturated heterocycles. The molecule has 0 aromatic heterocycles. The van der Waals surface area contributed by atoms with Crippen LogP contribution < -0.4 is 10.2 Å². The smallest absolute Gasteiger partial charge is 0.238 e. The van der Waals surface area contributed by atoms with E-state index in [1.54, 1.807) is 11.9 Å². The zero-order valence-electron chi connectivity index (χ0n) is 16.1. The molecule has 0 spiro atoms. The van der Waals surface area contributed by atoms with Gasteiger partial charge < -0.3 is 10.2 Å². The Hall–Kier alpha value is -1.92. The van der Waals surface area contributed by atoms with E-state index < -0.39 is 0 Å². The molecule has 6 heteroatoms. The van der Waals surface area contributed by atoms with Gasteiger partial charge >= 0.3 is 0 Å². The number of nitrogens with zero attached hydrogens (tertiary/aromatic N) is 3. The summed E-state index contributed by atoms with van der Waals surface area (Å²) in [7, 11) is 1.74. The van der Waals surface area contributed by atoms with Crippen molar-refractivity contribution in [2.75, 3.05) is 43.4 Å². The minimum absolute atomic E-state index is 0.0165. The van der Waals surface area contributed by atoms with Gasteiger partial charge in [0.25, 0.3) is 0 Å². The van der Waals surface area contributed by atoms with E-state index in [2.05, 4.69) is 22.0 Å². The van der Waals surface area contributed by atoms with Gasteiger partial charge in [-0.2, -0.15) is 0 Å². The minimum Gasteiger partial charge on any atom is -0.325 e. The van der Waals surface area contributed by atoms with Gasteiger partial charge in [-0.15, -0.1) is 0 Å². The number of hydrogen-bond acceptors (Lipinski definition) is 4. The molecule has 2 aliphatic rings. The predicted octanol–water partition coefficient (Wildman–Crippen LogP) is 2.17. The fraction of sp³-hybridized carbons (Fsp3) is 0.600. The van der Waals surface area contributed by atoms with Crippen LogP contribution in [0.15, 0.2) is 24.3 Å². The first-order valence-electron chi connectivity index (χ1n) is 9.56. The van der Waals surface area contributed by atoms with Gasteiger partial charge in [0.2, 0.25) is 11.8 Å². The molecule has 1 aromatic rings. The van der Waals surface area contributed by atoms with Gasteiger partial charge in [-0.25, -0.2) is 0 Å². The Morgan fingerprint density at radius 3 is 2.50 bits per heavy atom. The van der Waals surface area contributed by atoms with Crippen LogP contribution in [0.25, 0.3) is 0 Å².